The first-order valence-electron chi connectivity index (χ1n) is 7.70. The van der Waals surface area contributed by atoms with Gasteiger partial charge in [-0.05, 0) is 50.6 Å². The number of ether oxygens (including phenoxy) is 1. The lowest BCUT2D eigenvalue weighted by Crippen LogP contribution is -2.41. The first kappa shape index (κ1) is 16.8. The molecule has 1 aliphatic heterocycles. The first-order chi connectivity index (χ1) is 10.3. The highest BCUT2D eigenvalue weighted by Gasteiger charge is 2.27. The monoisotopic (exact) mass is 305 g/mol. The fourth-order valence-corrected chi connectivity index (χ4v) is 2.66. The minimum Gasteiger partial charge on any atom is -0.444 e. The summed E-state index contributed by atoms with van der Waals surface area (Å²) in [6, 6.07) is 7.34. The highest BCUT2D eigenvalue weighted by Crippen LogP contribution is 2.28. The first-order valence-corrected chi connectivity index (χ1v) is 7.70. The summed E-state index contributed by atoms with van der Waals surface area (Å²) in [5.74, 6) is 0.392. The van der Waals surface area contributed by atoms with Gasteiger partial charge in [0.05, 0.1) is 0 Å². The summed E-state index contributed by atoms with van der Waals surface area (Å²) in [5.41, 5.74) is 1.21. The fourth-order valence-electron chi connectivity index (χ4n) is 2.66. The van der Waals surface area contributed by atoms with Crippen molar-refractivity contribution in [1.82, 2.24) is 4.90 Å². The van der Waals surface area contributed by atoms with Gasteiger partial charge in [-0.2, -0.15) is 0 Å². The number of benzene rings is 1. The molecule has 0 bridgehead atoms. The molecule has 2 N–H and O–H groups in total. The van der Waals surface area contributed by atoms with E-state index >= 15 is 0 Å². The molecule has 22 heavy (non-hydrogen) atoms. The smallest absolute Gasteiger partial charge is 0.444 e. The van der Waals surface area contributed by atoms with Crippen LogP contribution in [-0.4, -0.2) is 46.9 Å². The van der Waals surface area contributed by atoms with Crippen LogP contribution in [0.4, 0.5) is 4.79 Å². The molecule has 6 heteroatoms. The van der Waals surface area contributed by atoms with Gasteiger partial charge in [-0.15, -0.1) is 0 Å². The molecule has 0 saturated carbocycles. The van der Waals surface area contributed by atoms with Crippen LogP contribution in [0.5, 0.6) is 0 Å². The molecule has 1 fully saturated rings. The van der Waals surface area contributed by atoms with Crippen molar-refractivity contribution < 1.29 is 19.6 Å². The van der Waals surface area contributed by atoms with Crippen LogP contribution in [0.15, 0.2) is 24.3 Å². The van der Waals surface area contributed by atoms with Crippen molar-refractivity contribution in [3.63, 3.8) is 0 Å². The Kier molecular flexibility index (Phi) is 5.14. The lowest BCUT2D eigenvalue weighted by molar-refractivity contribution is 0.0205. The number of hydrogen-bond acceptors (Lipinski definition) is 4. The van der Waals surface area contributed by atoms with Crippen LogP contribution >= 0.6 is 0 Å². The van der Waals surface area contributed by atoms with Crippen LogP contribution in [0, 0.1) is 0 Å². The number of piperidine rings is 1. The molecule has 1 aromatic rings. The Morgan fingerprint density at radius 1 is 1.18 bits per heavy atom. The molecular weight excluding hydrogens is 281 g/mol. The minimum absolute atomic E-state index is 0.246. The number of carbonyl (C=O) groups is 1. The summed E-state index contributed by atoms with van der Waals surface area (Å²) in [7, 11) is -1.43. The second-order valence-electron chi connectivity index (χ2n) is 6.78. The van der Waals surface area contributed by atoms with Gasteiger partial charge in [-0.3, -0.25) is 0 Å². The van der Waals surface area contributed by atoms with Crippen molar-refractivity contribution in [2.45, 2.75) is 45.1 Å². The van der Waals surface area contributed by atoms with Gasteiger partial charge < -0.3 is 19.7 Å². The second kappa shape index (κ2) is 6.71. The third-order valence-electron chi connectivity index (χ3n) is 3.85. The average Bonchev–Trinajstić information content (AvgIpc) is 2.46. The van der Waals surface area contributed by atoms with E-state index in [0.29, 0.717) is 24.5 Å². The Bertz CT molecular complexity index is 502. The predicted octanol–water partition coefficient (Wildman–Crippen LogP) is 1.48. The zero-order valence-corrected chi connectivity index (χ0v) is 13.5. The average molecular weight is 305 g/mol. The standard InChI is InChI=1S/C16H24BNO4/c1-16(2,3)22-15(19)18-10-8-13(9-11-18)12-4-6-14(7-5-12)17(20)21/h4-7,13,20-21H,8-11H2,1-3H3. The van der Waals surface area contributed by atoms with Crippen molar-refractivity contribution in [2.24, 2.45) is 0 Å². The maximum Gasteiger partial charge on any atom is 0.488 e. The van der Waals surface area contributed by atoms with E-state index in [-0.39, 0.29) is 6.09 Å². The van der Waals surface area contributed by atoms with Crippen LogP contribution in [0.1, 0.15) is 45.1 Å². The van der Waals surface area contributed by atoms with Crippen molar-refractivity contribution in [3.05, 3.63) is 29.8 Å². The zero-order chi connectivity index (χ0) is 16.3. The van der Waals surface area contributed by atoms with Gasteiger partial charge in [0.1, 0.15) is 5.60 Å². The van der Waals surface area contributed by atoms with Crippen molar-refractivity contribution in [3.8, 4) is 0 Å². The van der Waals surface area contributed by atoms with E-state index in [4.69, 9.17) is 14.8 Å². The summed E-state index contributed by atoms with van der Waals surface area (Å²) in [4.78, 5) is 13.8. The summed E-state index contributed by atoms with van der Waals surface area (Å²) >= 11 is 0. The number of rotatable bonds is 2. The lowest BCUT2D eigenvalue weighted by Gasteiger charge is -2.33. The van der Waals surface area contributed by atoms with E-state index in [9.17, 15) is 4.79 Å². The quantitative estimate of drug-likeness (QED) is 0.812. The highest BCUT2D eigenvalue weighted by atomic mass is 16.6. The van der Waals surface area contributed by atoms with Crippen LogP contribution < -0.4 is 5.46 Å². The Morgan fingerprint density at radius 2 is 1.73 bits per heavy atom. The van der Waals surface area contributed by atoms with Crippen LogP contribution in [-0.2, 0) is 4.74 Å². The Labute approximate surface area is 132 Å². The van der Waals surface area contributed by atoms with Crippen LogP contribution in [0.2, 0.25) is 0 Å². The SMILES string of the molecule is CC(C)(C)OC(=O)N1CCC(c2ccc(B(O)O)cc2)CC1. The normalized spacial score (nSPS) is 16.5. The Morgan fingerprint density at radius 3 is 2.18 bits per heavy atom. The molecule has 0 spiro atoms. The van der Waals surface area contributed by atoms with Crippen molar-refractivity contribution in [1.29, 1.82) is 0 Å². The predicted molar refractivity (Wildman–Crippen MR) is 86.0 cm³/mol. The molecular formula is C16H24BNO4. The van der Waals surface area contributed by atoms with E-state index in [0.717, 1.165) is 12.8 Å². The van der Waals surface area contributed by atoms with E-state index in [1.165, 1.54) is 5.56 Å². The topological polar surface area (TPSA) is 70.0 Å². The summed E-state index contributed by atoms with van der Waals surface area (Å²) < 4.78 is 5.39. The van der Waals surface area contributed by atoms with Gasteiger partial charge in [0.2, 0.25) is 0 Å². The van der Waals surface area contributed by atoms with E-state index in [2.05, 4.69) is 0 Å². The Hall–Kier alpha value is -1.53. The molecule has 0 aromatic heterocycles. The summed E-state index contributed by atoms with van der Waals surface area (Å²) in [6.07, 6.45) is 1.53. The van der Waals surface area contributed by atoms with E-state index < -0.39 is 12.7 Å². The van der Waals surface area contributed by atoms with Gasteiger partial charge in [-0.1, -0.05) is 24.3 Å². The molecule has 1 amide bonds. The van der Waals surface area contributed by atoms with E-state index in [1.54, 1.807) is 17.0 Å². The fraction of sp³-hybridized carbons (Fsp3) is 0.562. The molecule has 0 atom stereocenters. The number of carbonyl (C=O) groups excluding carboxylic acids is 1. The minimum atomic E-state index is -1.43. The summed E-state index contributed by atoms with van der Waals surface area (Å²) in [5, 5.41) is 18.2. The van der Waals surface area contributed by atoms with Gasteiger partial charge in [0.15, 0.2) is 0 Å². The number of likely N-dealkylation sites (tertiary alicyclic amines) is 1. The van der Waals surface area contributed by atoms with Gasteiger partial charge >= 0.3 is 13.2 Å². The van der Waals surface area contributed by atoms with Crippen LogP contribution in [0.25, 0.3) is 0 Å². The number of nitrogens with zero attached hydrogens (tertiary/aromatic N) is 1. The molecule has 0 aliphatic carbocycles. The number of hydrogen-bond donors (Lipinski definition) is 2. The second-order valence-corrected chi connectivity index (χ2v) is 6.78. The number of amides is 1. The van der Waals surface area contributed by atoms with Crippen molar-refractivity contribution in [2.75, 3.05) is 13.1 Å². The zero-order valence-electron chi connectivity index (χ0n) is 13.5. The van der Waals surface area contributed by atoms with Crippen LogP contribution in [0.3, 0.4) is 0 Å². The van der Waals surface area contributed by atoms with Gasteiger partial charge in [-0.25, -0.2) is 4.79 Å². The van der Waals surface area contributed by atoms with Crippen molar-refractivity contribution >= 4 is 18.7 Å². The molecule has 120 valence electrons. The van der Waals surface area contributed by atoms with Gasteiger partial charge in [0.25, 0.3) is 0 Å². The molecule has 0 radical (unpaired) electrons. The largest absolute Gasteiger partial charge is 0.488 e. The maximum atomic E-state index is 12.0. The van der Waals surface area contributed by atoms with E-state index in [1.807, 2.05) is 32.9 Å². The molecule has 1 aliphatic rings. The Balaban J connectivity index is 1.90. The van der Waals surface area contributed by atoms with Gasteiger partial charge in [0, 0.05) is 13.1 Å². The lowest BCUT2D eigenvalue weighted by atomic mass is 9.78. The maximum absolute atomic E-state index is 12.0. The highest BCUT2D eigenvalue weighted by molar-refractivity contribution is 6.58. The molecule has 1 heterocycles. The molecule has 0 unspecified atom stereocenters. The molecule has 2 rings (SSSR count). The molecule has 1 aromatic carbocycles. The third-order valence-corrected chi connectivity index (χ3v) is 3.85. The molecule has 5 nitrogen and oxygen atoms in total. The third kappa shape index (κ3) is 4.48. The summed E-state index contributed by atoms with van der Waals surface area (Å²) in [6.45, 7) is 6.98. The molecule has 1 saturated heterocycles.